The third-order valence-electron chi connectivity index (χ3n) is 2.77. The number of nitrogens with two attached hydrogens (primary N) is 1. The molecule has 0 radical (unpaired) electrons. The Bertz CT molecular complexity index is 461. The van der Waals surface area contributed by atoms with E-state index < -0.39 is 5.91 Å². The molecular weight excluding hydrogens is 232 g/mol. The maximum Gasteiger partial charge on any atom is 0.268 e. The predicted molar refractivity (Wildman–Crippen MR) is 67.4 cm³/mol. The number of rotatable bonds is 2. The first-order valence-electron chi connectivity index (χ1n) is 5.92. The van der Waals surface area contributed by atoms with Crippen LogP contribution in [0.25, 0.3) is 0 Å². The zero-order chi connectivity index (χ0) is 13.3. The lowest BCUT2D eigenvalue weighted by Crippen LogP contribution is -2.52. The van der Waals surface area contributed by atoms with Gasteiger partial charge in [-0.05, 0) is 20.8 Å². The van der Waals surface area contributed by atoms with Gasteiger partial charge in [0.05, 0.1) is 24.1 Å². The number of ether oxygens (including phenoxy) is 1. The SMILES string of the molecule is CC1CN(c2cncc(C(N)=O)n2)CC(C)(C)O1. The largest absolute Gasteiger partial charge is 0.369 e. The van der Waals surface area contributed by atoms with E-state index in [0.717, 1.165) is 6.54 Å². The second kappa shape index (κ2) is 4.53. The third-order valence-corrected chi connectivity index (χ3v) is 2.77. The van der Waals surface area contributed by atoms with Crippen molar-refractivity contribution >= 4 is 11.7 Å². The molecule has 1 fully saturated rings. The lowest BCUT2D eigenvalue weighted by molar-refractivity contribution is -0.0751. The average molecular weight is 250 g/mol. The fraction of sp³-hybridized carbons (Fsp3) is 0.583. The van der Waals surface area contributed by atoms with Crippen LogP contribution in [-0.2, 0) is 4.74 Å². The summed E-state index contributed by atoms with van der Waals surface area (Å²) in [7, 11) is 0. The predicted octanol–water partition coefficient (Wildman–Crippen LogP) is 0.579. The standard InChI is InChI=1S/C12H18N4O2/c1-8-6-16(7-12(2,3)18-8)10-5-14-4-9(15-10)11(13)17/h4-5,8H,6-7H2,1-3H3,(H2,13,17). The molecule has 1 saturated heterocycles. The Morgan fingerprint density at radius 1 is 1.56 bits per heavy atom. The molecule has 1 aromatic rings. The molecule has 0 saturated carbocycles. The molecule has 0 aliphatic carbocycles. The molecule has 1 unspecified atom stereocenters. The van der Waals surface area contributed by atoms with Crippen LogP contribution in [0.15, 0.2) is 12.4 Å². The van der Waals surface area contributed by atoms with Crippen molar-refractivity contribution in [1.29, 1.82) is 0 Å². The molecular formula is C12H18N4O2. The highest BCUT2D eigenvalue weighted by Gasteiger charge is 2.32. The van der Waals surface area contributed by atoms with Crippen molar-refractivity contribution in [1.82, 2.24) is 9.97 Å². The van der Waals surface area contributed by atoms with Gasteiger partial charge in [0.2, 0.25) is 0 Å². The molecule has 0 bridgehead atoms. The number of carbonyl (C=O) groups is 1. The van der Waals surface area contributed by atoms with Crippen LogP contribution < -0.4 is 10.6 Å². The molecule has 2 N–H and O–H groups in total. The van der Waals surface area contributed by atoms with Crippen molar-refractivity contribution in [3.05, 3.63) is 18.1 Å². The van der Waals surface area contributed by atoms with Crippen LogP contribution in [0.3, 0.4) is 0 Å². The van der Waals surface area contributed by atoms with Crippen molar-refractivity contribution in [3.8, 4) is 0 Å². The monoisotopic (exact) mass is 250 g/mol. The van der Waals surface area contributed by atoms with Crippen LogP contribution >= 0.6 is 0 Å². The Balaban J connectivity index is 2.25. The van der Waals surface area contributed by atoms with Crippen LogP contribution in [0.1, 0.15) is 31.3 Å². The van der Waals surface area contributed by atoms with Crippen LogP contribution in [0.4, 0.5) is 5.82 Å². The molecule has 1 aliphatic rings. The first-order valence-corrected chi connectivity index (χ1v) is 5.92. The average Bonchev–Trinajstić information content (AvgIpc) is 2.26. The summed E-state index contributed by atoms with van der Waals surface area (Å²) in [5, 5.41) is 0. The Hall–Kier alpha value is -1.69. The van der Waals surface area contributed by atoms with Gasteiger partial charge in [-0.15, -0.1) is 0 Å². The van der Waals surface area contributed by atoms with E-state index in [1.807, 2.05) is 20.8 Å². The van der Waals surface area contributed by atoms with E-state index in [0.29, 0.717) is 12.4 Å². The summed E-state index contributed by atoms with van der Waals surface area (Å²) in [4.78, 5) is 21.4. The van der Waals surface area contributed by atoms with Crippen LogP contribution in [-0.4, -0.2) is 40.7 Å². The van der Waals surface area contributed by atoms with E-state index in [1.165, 1.54) is 6.20 Å². The summed E-state index contributed by atoms with van der Waals surface area (Å²) in [5.74, 6) is 0.0967. The fourth-order valence-electron chi connectivity index (χ4n) is 2.25. The Morgan fingerprint density at radius 3 is 2.89 bits per heavy atom. The van der Waals surface area contributed by atoms with Gasteiger partial charge < -0.3 is 15.4 Å². The van der Waals surface area contributed by atoms with Crippen molar-refractivity contribution < 1.29 is 9.53 Å². The van der Waals surface area contributed by atoms with Crippen LogP contribution in [0, 0.1) is 0 Å². The normalized spacial score (nSPS) is 22.8. The second-order valence-electron chi connectivity index (χ2n) is 5.20. The molecule has 98 valence electrons. The minimum atomic E-state index is -0.565. The van der Waals surface area contributed by atoms with E-state index in [9.17, 15) is 4.79 Å². The molecule has 18 heavy (non-hydrogen) atoms. The number of carbonyl (C=O) groups excluding carboxylic acids is 1. The molecule has 2 heterocycles. The van der Waals surface area contributed by atoms with Crippen LogP contribution in [0.2, 0.25) is 0 Å². The Morgan fingerprint density at radius 2 is 2.28 bits per heavy atom. The maximum atomic E-state index is 11.1. The van der Waals surface area contributed by atoms with Gasteiger partial charge in [-0.25, -0.2) is 4.98 Å². The Labute approximate surface area is 106 Å². The molecule has 1 amide bonds. The van der Waals surface area contributed by atoms with E-state index >= 15 is 0 Å². The third kappa shape index (κ3) is 2.76. The van der Waals surface area contributed by atoms with E-state index in [2.05, 4.69) is 14.9 Å². The zero-order valence-electron chi connectivity index (χ0n) is 10.9. The molecule has 0 spiro atoms. The number of aromatic nitrogens is 2. The van der Waals surface area contributed by atoms with Gasteiger partial charge in [0.15, 0.2) is 0 Å². The number of anilines is 1. The lowest BCUT2D eigenvalue weighted by atomic mass is 10.1. The molecule has 6 heteroatoms. The van der Waals surface area contributed by atoms with Crippen molar-refractivity contribution in [2.75, 3.05) is 18.0 Å². The summed E-state index contributed by atoms with van der Waals surface area (Å²) < 4.78 is 5.82. The summed E-state index contributed by atoms with van der Waals surface area (Å²) in [6, 6.07) is 0. The summed E-state index contributed by atoms with van der Waals surface area (Å²) in [5.41, 5.74) is 5.14. The molecule has 2 rings (SSSR count). The minimum Gasteiger partial charge on any atom is -0.369 e. The zero-order valence-corrected chi connectivity index (χ0v) is 10.9. The summed E-state index contributed by atoms with van der Waals surface area (Å²) >= 11 is 0. The highest BCUT2D eigenvalue weighted by molar-refractivity contribution is 5.90. The van der Waals surface area contributed by atoms with Gasteiger partial charge >= 0.3 is 0 Å². The van der Waals surface area contributed by atoms with Crippen molar-refractivity contribution in [3.63, 3.8) is 0 Å². The smallest absolute Gasteiger partial charge is 0.268 e. The van der Waals surface area contributed by atoms with Gasteiger partial charge in [-0.3, -0.25) is 9.78 Å². The van der Waals surface area contributed by atoms with Gasteiger partial charge in [-0.1, -0.05) is 0 Å². The first kappa shape index (κ1) is 12.8. The van der Waals surface area contributed by atoms with Crippen molar-refractivity contribution in [2.24, 2.45) is 5.73 Å². The molecule has 6 nitrogen and oxygen atoms in total. The Kier molecular flexibility index (Phi) is 3.21. The number of nitrogens with zero attached hydrogens (tertiary/aromatic N) is 3. The van der Waals surface area contributed by atoms with Gasteiger partial charge in [0.1, 0.15) is 11.5 Å². The number of amides is 1. The maximum absolute atomic E-state index is 11.1. The summed E-state index contributed by atoms with van der Waals surface area (Å²) in [6.45, 7) is 7.50. The van der Waals surface area contributed by atoms with Crippen LogP contribution in [0.5, 0.6) is 0 Å². The number of hydrogen-bond donors (Lipinski definition) is 1. The highest BCUT2D eigenvalue weighted by Crippen LogP contribution is 2.24. The molecule has 1 aliphatic heterocycles. The first-order chi connectivity index (χ1) is 8.37. The van der Waals surface area contributed by atoms with Gasteiger partial charge in [0.25, 0.3) is 5.91 Å². The number of primary amides is 1. The molecule has 1 atom stereocenters. The minimum absolute atomic E-state index is 0.104. The summed E-state index contributed by atoms with van der Waals surface area (Å²) in [6.07, 6.45) is 3.12. The lowest BCUT2D eigenvalue weighted by Gasteiger charge is -2.42. The fourth-order valence-corrected chi connectivity index (χ4v) is 2.25. The topological polar surface area (TPSA) is 81.3 Å². The molecule has 1 aromatic heterocycles. The number of morpholine rings is 1. The second-order valence-corrected chi connectivity index (χ2v) is 5.20. The van der Waals surface area contributed by atoms with Gasteiger partial charge in [-0.2, -0.15) is 0 Å². The highest BCUT2D eigenvalue weighted by atomic mass is 16.5. The van der Waals surface area contributed by atoms with Gasteiger partial charge in [0, 0.05) is 13.1 Å². The quantitative estimate of drug-likeness (QED) is 0.830. The molecule has 0 aromatic carbocycles. The van der Waals surface area contributed by atoms with E-state index in [1.54, 1.807) is 6.20 Å². The number of hydrogen-bond acceptors (Lipinski definition) is 5. The van der Waals surface area contributed by atoms with E-state index in [4.69, 9.17) is 10.5 Å². The van der Waals surface area contributed by atoms with E-state index in [-0.39, 0.29) is 17.4 Å². The van der Waals surface area contributed by atoms with Crippen molar-refractivity contribution in [2.45, 2.75) is 32.5 Å².